The van der Waals surface area contributed by atoms with Crippen molar-refractivity contribution in [3.63, 3.8) is 0 Å². The third-order valence-corrected chi connectivity index (χ3v) is 4.27. The lowest BCUT2D eigenvalue weighted by molar-refractivity contribution is 0.0957. The molecule has 94 valence electrons. The molecule has 0 fully saturated rings. The quantitative estimate of drug-likeness (QED) is 0.342. The van der Waals surface area contributed by atoms with Crippen LogP contribution in [0.4, 0.5) is 5.69 Å². The molecule has 5 N–H and O–H groups in total. The van der Waals surface area contributed by atoms with Crippen molar-refractivity contribution in [3.05, 3.63) is 40.2 Å². The lowest BCUT2D eigenvalue weighted by Crippen LogP contribution is -2.29. The molecule has 0 spiro atoms. The van der Waals surface area contributed by atoms with Crippen LogP contribution < -0.4 is 17.0 Å². The molecule has 2 heterocycles. The maximum absolute atomic E-state index is 11.5. The molecule has 0 aliphatic heterocycles. The minimum Gasteiger partial charge on any atom is -0.397 e. The number of hydrogen-bond acceptors (Lipinski definition) is 6. The predicted molar refractivity (Wildman–Crippen MR) is 74.2 cm³/mol. The van der Waals surface area contributed by atoms with Gasteiger partial charge in [-0.2, -0.15) is 0 Å². The monoisotopic (exact) mass is 280 g/mol. The van der Waals surface area contributed by atoms with Crippen molar-refractivity contribution >= 4 is 34.7 Å². The molecule has 2 rings (SSSR count). The third kappa shape index (κ3) is 2.81. The van der Waals surface area contributed by atoms with Gasteiger partial charge in [-0.25, -0.2) is 10.8 Å². The zero-order valence-electron chi connectivity index (χ0n) is 9.42. The van der Waals surface area contributed by atoms with Crippen LogP contribution in [0.25, 0.3) is 0 Å². The summed E-state index contributed by atoms with van der Waals surface area (Å²) in [7, 11) is 0. The second-order valence-corrected chi connectivity index (χ2v) is 5.32. The Morgan fingerprint density at radius 2 is 2.33 bits per heavy atom. The van der Waals surface area contributed by atoms with Gasteiger partial charge in [0.25, 0.3) is 5.91 Å². The fraction of sp³-hybridized carbons (Fsp3) is 0.0909. The predicted octanol–water partition coefficient (Wildman–Crippen LogP) is 1.62. The number of carbonyl (C=O) groups is 1. The molecule has 0 radical (unpaired) electrons. The summed E-state index contributed by atoms with van der Waals surface area (Å²) in [5, 5.41) is 2.63. The van der Waals surface area contributed by atoms with E-state index in [9.17, 15) is 4.79 Å². The molecular weight excluding hydrogens is 268 g/mol. The first-order valence-corrected chi connectivity index (χ1v) is 6.99. The molecule has 7 heteroatoms. The molecule has 1 amide bonds. The van der Waals surface area contributed by atoms with Crippen LogP contribution in [-0.4, -0.2) is 10.9 Å². The summed E-state index contributed by atoms with van der Waals surface area (Å²) in [6, 6.07) is 5.50. The van der Waals surface area contributed by atoms with E-state index >= 15 is 0 Å². The average Bonchev–Trinajstić information content (AvgIpc) is 2.85. The molecule has 5 nitrogen and oxygen atoms in total. The first-order chi connectivity index (χ1) is 8.72. The van der Waals surface area contributed by atoms with Crippen LogP contribution in [0.2, 0.25) is 0 Å². The number of pyridine rings is 1. The van der Waals surface area contributed by atoms with E-state index in [0.29, 0.717) is 16.3 Å². The molecule has 0 bridgehead atoms. The Hall–Kier alpha value is -1.57. The minimum atomic E-state index is -0.269. The molecule has 0 aliphatic rings. The number of nitrogens with zero attached hydrogens (tertiary/aromatic N) is 1. The Bertz CT molecular complexity index is 555. The van der Waals surface area contributed by atoms with Gasteiger partial charge in [0.2, 0.25) is 0 Å². The summed E-state index contributed by atoms with van der Waals surface area (Å²) < 4.78 is 0. The highest BCUT2D eigenvalue weighted by atomic mass is 32.2. The van der Waals surface area contributed by atoms with E-state index < -0.39 is 0 Å². The molecular formula is C11H12N4OS2. The maximum Gasteiger partial charge on any atom is 0.275 e. The minimum absolute atomic E-state index is 0.269. The first kappa shape index (κ1) is 12.9. The number of nitrogens with one attached hydrogen (secondary N) is 1. The Kier molecular flexibility index (Phi) is 4.19. The van der Waals surface area contributed by atoms with Gasteiger partial charge in [-0.05, 0) is 29.1 Å². The molecule has 0 unspecified atom stereocenters. The lowest BCUT2D eigenvalue weighted by Gasteiger charge is -2.04. The summed E-state index contributed by atoms with van der Waals surface area (Å²) in [4.78, 5) is 16.3. The number of amides is 1. The Labute approximate surface area is 113 Å². The van der Waals surface area contributed by atoms with E-state index in [0.717, 1.165) is 10.6 Å². The van der Waals surface area contributed by atoms with Gasteiger partial charge in [0.1, 0.15) is 5.03 Å². The van der Waals surface area contributed by atoms with Gasteiger partial charge in [-0.1, -0.05) is 11.8 Å². The number of anilines is 1. The van der Waals surface area contributed by atoms with Crippen molar-refractivity contribution in [3.8, 4) is 0 Å². The van der Waals surface area contributed by atoms with E-state index in [2.05, 4.69) is 10.4 Å². The van der Waals surface area contributed by atoms with Gasteiger partial charge in [0.15, 0.2) is 0 Å². The molecule has 0 saturated carbocycles. The summed E-state index contributed by atoms with van der Waals surface area (Å²) in [6.45, 7) is 0. The average molecular weight is 280 g/mol. The van der Waals surface area contributed by atoms with Crippen LogP contribution in [0.15, 0.2) is 34.8 Å². The SMILES string of the molecule is NNC(=O)c1sccc1CSc1ncccc1N. The van der Waals surface area contributed by atoms with Crippen LogP contribution in [0.5, 0.6) is 0 Å². The van der Waals surface area contributed by atoms with Gasteiger partial charge in [0.05, 0.1) is 10.6 Å². The standard InChI is InChI=1S/C11H12N4OS2/c12-8-2-1-4-14-11(8)18-6-7-3-5-17-9(7)10(16)15-13/h1-5H,6,12-13H2,(H,15,16). The molecule has 2 aromatic heterocycles. The van der Waals surface area contributed by atoms with Crippen LogP contribution in [-0.2, 0) is 5.75 Å². The van der Waals surface area contributed by atoms with E-state index in [4.69, 9.17) is 11.6 Å². The Morgan fingerprint density at radius 3 is 3.06 bits per heavy atom. The molecule has 18 heavy (non-hydrogen) atoms. The lowest BCUT2D eigenvalue weighted by atomic mass is 10.3. The number of thiophene rings is 1. The van der Waals surface area contributed by atoms with Crippen LogP contribution in [0.3, 0.4) is 0 Å². The zero-order chi connectivity index (χ0) is 13.0. The fourth-order valence-corrected chi connectivity index (χ4v) is 3.20. The summed E-state index contributed by atoms with van der Waals surface area (Å²) in [6.07, 6.45) is 1.69. The van der Waals surface area contributed by atoms with Crippen molar-refractivity contribution in [1.29, 1.82) is 0 Å². The number of hydrogen-bond donors (Lipinski definition) is 3. The van der Waals surface area contributed by atoms with Gasteiger partial charge >= 0.3 is 0 Å². The number of nitrogens with two attached hydrogens (primary N) is 2. The van der Waals surface area contributed by atoms with Crippen molar-refractivity contribution in [2.24, 2.45) is 5.84 Å². The smallest absolute Gasteiger partial charge is 0.275 e. The first-order valence-electron chi connectivity index (χ1n) is 5.13. The fourth-order valence-electron chi connectivity index (χ4n) is 1.38. The summed E-state index contributed by atoms with van der Waals surface area (Å²) >= 11 is 2.86. The van der Waals surface area contributed by atoms with Crippen LogP contribution in [0, 0.1) is 0 Å². The van der Waals surface area contributed by atoms with Crippen molar-refractivity contribution in [2.75, 3.05) is 5.73 Å². The maximum atomic E-state index is 11.5. The van der Waals surface area contributed by atoms with Gasteiger partial charge in [0, 0.05) is 11.9 Å². The number of carbonyl (C=O) groups excluding carboxylic acids is 1. The zero-order valence-corrected chi connectivity index (χ0v) is 11.1. The summed E-state index contributed by atoms with van der Waals surface area (Å²) in [5.74, 6) is 5.50. The number of nitrogen functional groups attached to an aromatic ring is 2. The highest BCUT2D eigenvalue weighted by molar-refractivity contribution is 7.98. The van der Waals surface area contributed by atoms with E-state index in [-0.39, 0.29) is 5.91 Å². The van der Waals surface area contributed by atoms with Crippen molar-refractivity contribution < 1.29 is 4.79 Å². The number of thioether (sulfide) groups is 1. The molecule has 0 aliphatic carbocycles. The topological polar surface area (TPSA) is 94.0 Å². The highest BCUT2D eigenvalue weighted by Crippen LogP contribution is 2.28. The van der Waals surface area contributed by atoms with E-state index in [1.54, 1.807) is 18.3 Å². The van der Waals surface area contributed by atoms with Crippen LogP contribution in [0.1, 0.15) is 15.2 Å². The van der Waals surface area contributed by atoms with Crippen molar-refractivity contribution in [1.82, 2.24) is 10.4 Å². The number of rotatable bonds is 4. The highest BCUT2D eigenvalue weighted by Gasteiger charge is 2.12. The van der Waals surface area contributed by atoms with Gasteiger partial charge in [-0.15, -0.1) is 11.3 Å². The van der Waals surface area contributed by atoms with Crippen LogP contribution >= 0.6 is 23.1 Å². The normalized spacial score (nSPS) is 10.3. The van der Waals surface area contributed by atoms with Gasteiger partial charge < -0.3 is 5.73 Å². The van der Waals surface area contributed by atoms with Gasteiger partial charge in [-0.3, -0.25) is 10.2 Å². The second kappa shape index (κ2) is 5.85. The van der Waals surface area contributed by atoms with E-state index in [1.165, 1.54) is 23.1 Å². The molecule has 0 atom stereocenters. The number of aromatic nitrogens is 1. The van der Waals surface area contributed by atoms with E-state index in [1.807, 2.05) is 11.4 Å². The number of hydrazine groups is 1. The Balaban J connectivity index is 2.09. The largest absolute Gasteiger partial charge is 0.397 e. The summed E-state index contributed by atoms with van der Waals surface area (Å²) in [5.41, 5.74) is 9.51. The molecule has 2 aromatic rings. The Morgan fingerprint density at radius 1 is 1.50 bits per heavy atom. The second-order valence-electron chi connectivity index (χ2n) is 3.43. The molecule has 0 aromatic carbocycles. The third-order valence-electron chi connectivity index (χ3n) is 2.25. The van der Waals surface area contributed by atoms with Crippen molar-refractivity contribution in [2.45, 2.75) is 10.8 Å². The molecule has 0 saturated heterocycles.